The van der Waals surface area contributed by atoms with Crippen molar-refractivity contribution in [2.45, 2.75) is 153 Å². The molecule has 12 heteroatoms. The molecule has 7 rings (SSSR count). The molecule has 6 atom stereocenters. The van der Waals surface area contributed by atoms with Crippen LogP contribution in [0.25, 0.3) is 0 Å². The summed E-state index contributed by atoms with van der Waals surface area (Å²) in [5.74, 6) is -1.44. The summed E-state index contributed by atoms with van der Waals surface area (Å²) < 4.78 is 27.9. The van der Waals surface area contributed by atoms with E-state index in [4.69, 9.17) is 5.73 Å². The Balaban J connectivity index is 1.15. The molecule has 0 bridgehead atoms. The highest BCUT2D eigenvalue weighted by molar-refractivity contribution is 7.91. The summed E-state index contributed by atoms with van der Waals surface area (Å²) in [5, 5.41) is 5.55. The molecule has 1 saturated heterocycles. The highest BCUT2D eigenvalue weighted by Gasteiger charge is 2.85. The number of nitrogens with one attached hydrogen (secondary N) is 3. The monoisotopic (exact) mass is 687 g/mol. The van der Waals surface area contributed by atoms with E-state index in [1.54, 1.807) is 4.90 Å². The third-order valence-electron chi connectivity index (χ3n) is 14.4. The first-order valence-electron chi connectivity index (χ1n) is 18.7. The molecule has 2 spiro atoms. The number of hydrogen-bond acceptors (Lipinski definition) is 7. The van der Waals surface area contributed by atoms with Crippen molar-refractivity contribution in [3.63, 3.8) is 0 Å². The van der Waals surface area contributed by atoms with Crippen molar-refractivity contribution >= 4 is 33.7 Å². The first-order valence-corrected chi connectivity index (χ1v) is 20.2. The number of carbonyl (C=O) groups excluding carboxylic acids is 4. The highest BCUT2D eigenvalue weighted by Crippen LogP contribution is 2.88. The number of nitrogens with two attached hydrogens (primary N) is 1. The van der Waals surface area contributed by atoms with E-state index in [2.05, 4.69) is 29.2 Å². The summed E-state index contributed by atoms with van der Waals surface area (Å²) in [6.45, 7) is 10.7. The Morgan fingerprint density at radius 1 is 0.875 bits per heavy atom. The molecule has 7 fully saturated rings. The number of likely N-dealkylation sites (tertiary alicyclic amines) is 1. The second kappa shape index (κ2) is 11.1. The fraction of sp³-hybridized carbons (Fsp3) is 0.889. The van der Waals surface area contributed by atoms with Crippen LogP contribution in [0.2, 0.25) is 0 Å². The van der Waals surface area contributed by atoms with E-state index < -0.39 is 56.2 Å². The standard InChI is InChI=1S/C36H57N5O6S/c1-32(2,3)27(38-29(43)26(37)22-10-7-6-8-11-22)30(44)41-20-35(33(4,5)34(35)16-9-17-34)19-25(41)28(42)39-36(18-24(36)21-12-13-21)31(45)40-48(46,47)23-14-15-23/h21-27H,6-20,37H2,1-5H3,(H,38,43)(H,39,42)(H,40,45)/t24-,25-,26-,27+,35+,36+/m0/s1. The third kappa shape index (κ3) is 5.23. The number of nitrogens with zero attached hydrogens (tertiary/aromatic N) is 1. The molecular formula is C36H57N5O6S. The quantitative estimate of drug-likeness (QED) is 0.274. The fourth-order valence-electron chi connectivity index (χ4n) is 10.6. The fourth-order valence-corrected chi connectivity index (χ4v) is 12.0. The Hall–Kier alpha value is -2.21. The zero-order valence-corrected chi connectivity index (χ0v) is 30.3. The largest absolute Gasteiger partial charge is 0.342 e. The smallest absolute Gasteiger partial charge is 0.259 e. The molecule has 6 saturated carbocycles. The molecule has 0 unspecified atom stereocenters. The molecule has 1 aliphatic heterocycles. The van der Waals surface area contributed by atoms with Gasteiger partial charge in [0.05, 0.1) is 11.3 Å². The molecule has 4 amide bonds. The molecule has 6 aliphatic carbocycles. The molecule has 11 nitrogen and oxygen atoms in total. The summed E-state index contributed by atoms with van der Waals surface area (Å²) >= 11 is 0. The summed E-state index contributed by atoms with van der Waals surface area (Å²) in [4.78, 5) is 58.3. The normalized spacial score (nSPS) is 35.0. The topological polar surface area (TPSA) is 168 Å². The van der Waals surface area contributed by atoms with Crippen molar-refractivity contribution in [2.24, 2.45) is 45.1 Å². The second-order valence-corrected chi connectivity index (χ2v) is 20.3. The van der Waals surface area contributed by atoms with Crippen LogP contribution in [0.1, 0.15) is 125 Å². The van der Waals surface area contributed by atoms with Gasteiger partial charge in [-0.2, -0.15) is 0 Å². The minimum atomic E-state index is -3.79. The van der Waals surface area contributed by atoms with Crippen LogP contribution in [0.4, 0.5) is 0 Å². The predicted octanol–water partition coefficient (Wildman–Crippen LogP) is 3.12. The molecule has 5 N–H and O–H groups in total. The minimum Gasteiger partial charge on any atom is -0.342 e. The lowest BCUT2D eigenvalue weighted by Gasteiger charge is -2.37. The molecule has 0 aromatic rings. The van der Waals surface area contributed by atoms with Crippen LogP contribution in [0.5, 0.6) is 0 Å². The number of amides is 4. The van der Waals surface area contributed by atoms with Gasteiger partial charge in [-0.1, -0.05) is 60.3 Å². The van der Waals surface area contributed by atoms with E-state index >= 15 is 0 Å². The van der Waals surface area contributed by atoms with E-state index in [0.717, 1.165) is 64.2 Å². The van der Waals surface area contributed by atoms with Crippen LogP contribution in [-0.2, 0) is 29.2 Å². The number of fused-ring (bicyclic) bond motifs is 1. The minimum absolute atomic E-state index is 0.0565. The van der Waals surface area contributed by atoms with Gasteiger partial charge < -0.3 is 21.3 Å². The lowest BCUT2D eigenvalue weighted by atomic mass is 9.73. The zero-order chi connectivity index (χ0) is 34.7. The first kappa shape index (κ1) is 34.2. The first-order chi connectivity index (χ1) is 22.4. The van der Waals surface area contributed by atoms with Crippen LogP contribution in [-0.4, -0.2) is 72.4 Å². The molecule has 0 radical (unpaired) electrons. The summed E-state index contributed by atoms with van der Waals surface area (Å²) in [5.41, 5.74) is 4.29. The molecule has 0 aromatic carbocycles. The Morgan fingerprint density at radius 3 is 2.04 bits per heavy atom. The van der Waals surface area contributed by atoms with Crippen molar-refractivity contribution in [1.82, 2.24) is 20.3 Å². The number of hydrogen-bond donors (Lipinski definition) is 4. The number of sulfonamides is 1. The van der Waals surface area contributed by atoms with Gasteiger partial charge in [-0.05, 0) is 98.2 Å². The van der Waals surface area contributed by atoms with Crippen molar-refractivity contribution < 1.29 is 27.6 Å². The van der Waals surface area contributed by atoms with Gasteiger partial charge in [0.2, 0.25) is 27.7 Å². The molecule has 268 valence electrons. The Kier molecular flexibility index (Phi) is 7.95. The Morgan fingerprint density at radius 2 is 1.52 bits per heavy atom. The van der Waals surface area contributed by atoms with Gasteiger partial charge in [-0.15, -0.1) is 0 Å². The zero-order valence-electron chi connectivity index (χ0n) is 29.5. The maximum Gasteiger partial charge on any atom is 0.259 e. The van der Waals surface area contributed by atoms with Crippen molar-refractivity contribution in [3.05, 3.63) is 0 Å². The van der Waals surface area contributed by atoms with Crippen LogP contribution >= 0.6 is 0 Å². The van der Waals surface area contributed by atoms with E-state index in [1.165, 1.54) is 0 Å². The van der Waals surface area contributed by atoms with Crippen LogP contribution in [0.15, 0.2) is 0 Å². The van der Waals surface area contributed by atoms with Crippen molar-refractivity contribution in [3.8, 4) is 0 Å². The van der Waals surface area contributed by atoms with Crippen LogP contribution < -0.4 is 21.1 Å². The lowest BCUT2D eigenvalue weighted by molar-refractivity contribution is -0.145. The average Bonchev–Trinajstić information content (AvgIpc) is 3.82. The number of rotatable bonds is 10. The van der Waals surface area contributed by atoms with E-state index in [-0.39, 0.29) is 45.8 Å². The highest BCUT2D eigenvalue weighted by atomic mass is 32.2. The number of carbonyl (C=O) groups is 4. The second-order valence-electron chi connectivity index (χ2n) is 18.3. The average molecular weight is 688 g/mol. The maximum absolute atomic E-state index is 14.8. The lowest BCUT2D eigenvalue weighted by Crippen LogP contribution is -2.61. The van der Waals surface area contributed by atoms with Gasteiger partial charge in [0.1, 0.15) is 17.6 Å². The van der Waals surface area contributed by atoms with Crippen molar-refractivity contribution in [1.29, 1.82) is 0 Å². The predicted molar refractivity (Wildman–Crippen MR) is 180 cm³/mol. The van der Waals surface area contributed by atoms with Crippen LogP contribution in [0, 0.1) is 39.4 Å². The van der Waals surface area contributed by atoms with Gasteiger partial charge >= 0.3 is 0 Å². The maximum atomic E-state index is 14.8. The van der Waals surface area contributed by atoms with E-state index in [1.807, 2.05) is 20.8 Å². The van der Waals surface area contributed by atoms with E-state index in [9.17, 15) is 27.6 Å². The van der Waals surface area contributed by atoms with E-state index in [0.29, 0.717) is 32.2 Å². The molecule has 1 heterocycles. The van der Waals surface area contributed by atoms with Gasteiger partial charge in [-0.3, -0.25) is 23.9 Å². The molecule has 7 aliphatic rings. The van der Waals surface area contributed by atoms with Gasteiger partial charge in [0, 0.05) is 12.0 Å². The van der Waals surface area contributed by atoms with Crippen molar-refractivity contribution in [2.75, 3.05) is 6.54 Å². The van der Waals surface area contributed by atoms with Gasteiger partial charge in [0.15, 0.2) is 0 Å². The Bertz CT molecular complexity index is 1490. The third-order valence-corrected chi connectivity index (χ3v) is 16.2. The SMILES string of the molecule is CC(C)(C)[C@H](NC(=O)[C@@H](N)C1CCCCC1)C(=O)N1C[C@]2(C[C@H]1C(=O)N[C@]1(C(=O)NS(=O)(=O)C3CC3)C[C@H]1C1CC1)C(C)(C)C21CCC1. The van der Waals surface area contributed by atoms with Gasteiger partial charge in [-0.25, -0.2) is 8.42 Å². The molecular weight excluding hydrogens is 630 g/mol. The summed E-state index contributed by atoms with van der Waals surface area (Å²) in [6, 6.07) is -2.44. The molecule has 48 heavy (non-hydrogen) atoms. The van der Waals surface area contributed by atoms with Gasteiger partial charge in [0.25, 0.3) is 5.91 Å². The summed E-state index contributed by atoms with van der Waals surface area (Å²) in [6.07, 6.45) is 12.1. The Labute approximate surface area is 286 Å². The summed E-state index contributed by atoms with van der Waals surface area (Å²) in [7, 11) is -3.79. The van der Waals surface area contributed by atoms with Crippen LogP contribution in [0.3, 0.4) is 0 Å². The molecule has 0 aromatic heterocycles.